The summed E-state index contributed by atoms with van der Waals surface area (Å²) in [5, 5.41) is 84.4. The number of hydrogen-bond acceptors (Lipinski definition) is 11. The van der Waals surface area contributed by atoms with Gasteiger partial charge in [0.25, 0.3) is 0 Å². The van der Waals surface area contributed by atoms with E-state index in [0.717, 1.165) is 0 Å². The second-order valence-electron chi connectivity index (χ2n) is 5.33. The Hall–Kier alpha value is -0.440. The minimum absolute atomic E-state index is 0.655. The fourth-order valence-electron chi connectivity index (χ4n) is 2.06. The normalized spacial score (nSPS) is 37.2. The Labute approximate surface area is 131 Å². The van der Waals surface area contributed by atoms with Gasteiger partial charge in [-0.05, 0) is 0 Å². The first kappa shape index (κ1) is 20.6. The zero-order valence-electron chi connectivity index (χ0n) is 12.2. The van der Waals surface area contributed by atoms with Gasteiger partial charge in [-0.2, -0.15) is 0 Å². The van der Waals surface area contributed by atoms with E-state index in [4.69, 9.17) is 19.7 Å². The van der Waals surface area contributed by atoms with E-state index in [9.17, 15) is 35.7 Å². The van der Waals surface area contributed by atoms with Crippen LogP contribution >= 0.6 is 0 Å². The van der Waals surface area contributed by atoms with Gasteiger partial charge in [0.15, 0.2) is 6.29 Å². The van der Waals surface area contributed by atoms with Crippen molar-refractivity contribution in [3.05, 3.63) is 0 Å². The second-order valence-corrected chi connectivity index (χ2v) is 5.33. The first-order valence-electron chi connectivity index (χ1n) is 6.99. The van der Waals surface area contributed by atoms with Gasteiger partial charge in [-0.1, -0.05) is 0 Å². The highest BCUT2D eigenvalue weighted by atomic mass is 16.7. The van der Waals surface area contributed by atoms with E-state index in [-0.39, 0.29) is 0 Å². The van der Waals surface area contributed by atoms with Gasteiger partial charge in [-0.15, -0.1) is 0 Å². The molecular formula is C12H24O11. The summed E-state index contributed by atoms with van der Waals surface area (Å²) in [6.45, 7) is -2.16. The predicted molar refractivity (Wildman–Crippen MR) is 70.8 cm³/mol. The fourth-order valence-corrected chi connectivity index (χ4v) is 2.06. The van der Waals surface area contributed by atoms with Crippen molar-refractivity contribution in [3.63, 3.8) is 0 Å². The van der Waals surface area contributed by atoms with Crippen LogP contribution in [0, 0.1) is 0 Å². The van der Waals surface area contributed by atoms with E-state index in [1.54, 1.807) is 0 Å². The topological polar surface area (TPSA) is 201 Å². The van der Waals surface area contributed by atoms with Crippen molar-refractivity contribution >= 4 is 0 Å². The molecule has 0 aromatic rings. The highest BCUT2D eigenvalue weighted by Crippen LogP contribution is 2.22. The summed E-state index contributed by atoms with van der Waals surface area (Å²) in [5.74, 6) is 0. The van der Waals surface area contributed by atoms with Crippen LogP contribution < -0.4 is 0 Å². The molecule has 0 aliphatic carbocycles. The average molecular weight is 344 g/mol. The molecule has 1 rings (SSSR count). The van der Waals surface area contributed by atoms with Crippen LogP contribution in [-0.2, 0) is 9.47 Å². The molecule has 9 atom stereocenters. The monoisotopic (exact) mass is 344 g/mol. The third-order valence-corrected chi connectivity index (χ3v) is 3.61. The molecule has 0 unspecified atom stereocenters. The van der Waals surface area contributed by atoms with Crippen molar-refractivity contribution < 1.29 is 55.4 Å². The van der Waals surface area contributed by atoms with E-state index in [2.05, 4.69) is 0 Å². The van der Waals surface area contributed by atoms with Gasteiger partial charge in [0.1, 0.15) is 48.8 Å². The molecule has 1 heterocycles. The van der Waals surface area contributed by atoms with Crippen molar-refractivity contribution in [3.8, 4) is 0 Å². The molecular weight excluding hydrogens is 320 g/mol. The number of hydrogen-bond donors (Lipinski definition) is 9. The van der Waals surface area contributed by atoms with Gasteiger partial charge in [0, 0.05) is 0 Å². The van der Waals surface area contributed by atoms with Crippen LogP contribution in [0.1, 0.15) is 0 Å². The molecule has 1 aliphatic rings. The number of aliphatic hydroxyl groups excluding tert-OH is 9. The van der Waals surface area contributed by atoms with E-state index in [1.165, 1.54) is 0 Å². The van der Waals surface area contributed by atoms with Crippen molar-refractivity contribution in [1.82, 2.24) is 0 Å². The summed E-state index contributed by atoms with van der Waals surface area (Å²) in [6.07, 6.45) is -14.7. The quantitative estimate of drug-likeness (QED) is 0.203. The zero-order valence-corrected chi connectivity index (χ0v) is 12.2. The van der Waals surface area contributed by atoms with Gasteiger partial charge >= 0.3 is 0 Å². The maximum Gasteiger partial charge on any atom is 0.186 e. The number of rotatable bonds is 8. The van der Waals surface area contributed by atoms with Crippen LogP contribution in [-0.4, -0.2) is 121 Å². The third kappa shape index (κ3) is 5.01. The molecule has 11 nitrogen and oxygen atoms in total. The summed E-state index contributed by atoms with van der Waals surface area (Å²) >= 11 is 0. The molecule has 0 aromatic heterocycles. The lowest BCUT2D eigenvalue weighted by molar-refractivity contribution is -0.306. The van der Waals surface area contributed by atoms with E-state index in [0.29, 0.717) is 0 Å². The largest absolute Gasteiger partial charge is 0.394 e. The van der Waals surface area contributed by atoms with Gasteiger partial charge in [-0.25, -0.2) is 0 Å². The van der Waals surface area contributed by atoms with E-state index < -0.39 is 74.9 Å². The molecule has 0 aromatic carbocycles. The lowest BCUT2D eigenvalue weighted by Gasteiger charge is -2.40. The molecule has 0 radical (unpaired) electrons. The standard InChI is InChI=1S/C12H24O11/c13-1-4(15)7(17)8(18)5(16)3-22-12-11(21)10(20)9(19)6(2-14)23-12/h4-21H,1-3H2/t4-,5+,6-,7-,8-,9-,10+,11-,12+/m1/s1. The molecule has 1 saturated heterocycles. The molecule has 1 fully saturated rings. The average Bonchev–Trinajstić information content (AvgIpc) is 2.56. The third-order valence-electron chi connectivity index (χ3n) is 3.61. The fraction of sp³-hybridized carbons (Fsp3) is 1.00. The molecule has 9 N–H and O–H groups in total. The van der Waals surface area contributed by atoms with Crippen LogP contribution in [0.2, 0.25) is 0 Å². The molecule has 1 aliphatic heterocycles. The Morgan fingerprint density at radius 3 is 1.91 bits per heavy atom. The van der Waals surface area contributed by atoms with Crippen molar-refractivity contribution in [2.24, 2.45) is 0 Å². The Balaban J connectivity index is 2.55. The van der Waals surface area contributed by atoms with Gasteiger partial charge < -0.3 is 55.4 Å². The van der Waals surface area contributed by atoms with Crippen molar-refractivity contribution in [2.45, 2.75) is 55.1 Å². The highest BCUT2D eigenvalue weighted by molar-refractivity contribution is 4.89. The first-order valence-corrected chi connectivity index (χ1v) is 6.99. The summed E-state index contributed by atoms with van der Waals surface area (Å²) < 4.78 is 9.99. The Kier molecular flexibility index (Phi) is 8.20. The lowest BCUT2D eigenvalue weighted by atomic mass is 9.99. The van der Waals surface area contributed by atoms with Crippen LogP contribution in [0.15, 0.2) is 0 Å². The molecule has 0 spiro atoms. The highest BCUT2D eigenvalue weighted by Gasteiger charge is 2.44. The number of aliphatic hydroxyl groups is 9. The van der Waals surface area contributed by atoms with Gasteiger partial charge in [-0.3, -0.25) is 0 Å². The summed E-state index contributed by atoms with van der Waals surface area (Å²) in [4.78, 5) is 0. The Bertz CT molecular complexity index is 341. The van der Waals surface area contributed by atoms with Crippen LogP contribution in [0.4, 0.5) is 0 Å². The predicted octanol–water partition coefficient (Wildman–Crippen LogP) is -5.76. The summed E-state index contributed by atoms with van der Waals surface area (Å²) in [7, 11) is 0. The van der Waals surface area contributed by atoms with Crippen LogP contribution in [0.5, 0.6) is 0 Å². The maximum absolute atomic E-state index is 9.70. The van der Waals surface area contributed by atoms with Crippen LogP contribution in [0.25, 0.3) is 0 Å². The summed E-state index contributed by atoms with van der Waals surface area (Å²) in [5.41, 5.74) is 0. The Morgan fingerprint density at radius 1 is 0.826 bits per heavy atom. The van der Waals surface area contributed by atoms with Crippen LogP contribution in [0.3, 0.4) is 0 Å². The minimum atomic E-state index is -1.86. The second kappa shape index (κ2) is 9.15. The van der Waals surface area contributed by atoms with E-state index >= 15 is 0 Å². The minimum Gasteiger partial charge on any atom is -0.394 e. The maximum atomic E-state index is 9.70. The van der Waals surface area contributed by atoms with Gasteiger partial charge in [0.05, 0.1) is 19.8 Å². The molecule has 0 saturated carbocycles. The molecule has 138 valence electrons. The van der Waals surface area contributed by atoms with Crippen molar-refractivity contribution in [2.75, 3.05) is 19.8 Å². The summed E-state index contributed by atoms with van der Waals surface area (Å²) in [6, 6.07) is 0. The molecule has 11 heteroatoms. The van der Waals surface area contributed by atoms with E-state index in [1.807, 2.05) is 0 Å². The first-order chi connectivity index (χ1) is 10.7. The smallest absolute Gasteiger partial charge is 0.186 e. The van der Waals surface area contributed by atoms with Gasteiger partial charge in [0.2, 0.25) is 0 Å². The SMILES string of the molecule is OC[C@@H](O)[C@@H](O)[C@H](O)[C@@H](O)CO[C@H]1O[C@H](CO)[C@@H](O)[C@H](O)[C@H]1O. The molecule has 23 heavy (non-hydrogen) atoms. The zero-order chi connectivity index (χ0) is 17.7. The molecule has 0 amide bonds. The Morgan fingerprint density at radius 2 is 1.39 bits per heavy atom. The van der Waals surface area contributed by atoms with Crippen molar-refractivity contribution in [1.29, 1.82) is 0 Å². The number of ether oxygens (including phenoxy) is 2. The molecule has 0 bridgehead atoms. The lowest BCUT2D eigenvalue weighted by Crippen LogP contribution is -2.59.